The van der Waals surface area contributed by atoms with Gasteiger partial charge in [-0.1, -0.05) is 19.3 Å². The number of ether oxygens (including phenoxy) is 2. The first-order valence-electron chi connectivity index (χ1n) is 11.4. The Morgan fingerprint density at radius 2 is 1.90 bits per heavy atom. The normalized spacial score (nSPS) is 19.4. The Balaban J connectivity index is 0.00000341. The third-order valence-corrected chi connectivity index (χ3v) is 6.53. The van der Waals surface area contributed by atoms with E-state index in [0.29, 0.717) is 6.54 Å². The van der Waals surface area contributed by atoms with Crippen LogP contribution in [-0.4, -0.2) is 67.9 Å². The van der Waals surface area contributed by atoms with Crippen molar-refractivity contribution in [1.29, 1.82) is 0 Å². The molecule has 0 radical (unpaired) electrons. The van der Waals surface area contributed by atoms with Crippen molar-refractivity contribution in [1.82, 2.24) is 20.5 Å². The molecule has 7 nitrogen and oxygen atoms in total. The Morgan fingerprint density at radius 1 is 1.19 bits per heavy atom. The lowest BCUT2D eigenvalue weighted by molar-refractivity contribution is -0.0352. The molecule has 3 rings (SSSR count). The van der Waals surface area contributed by atoms with Gasteiger partial charge >= 0.3 is 0 Å². The molecule has 8 heteroatoms. The molecule has 1 aliphatic heterocycles. The summed E-state index contributed by atoms with van der Waals surface area (Å²) in [5, 5.41) is 7.06. The lowest BCUT2D eigenvalue weighted by Crippen LogP contribution is -2.60. The quantitative estimate of drug-likeness (QED) is 0.311. The molecule has 1 aromatic rings. The lowest BCUT2D eigenvalue weighted by atomic mass is 9.80. The van der Waals surface area contributed by atoms with E-state index < -0.39 is 0 Å². The predicted molar refractivity (Wildman–Crippen MR) is 137 cm³/mol. The molecule has 1 saturated heterocycles. The van der Waals surface area contributed by atoms with Crippen molar-refractivity contribution >= 4 is 29.9 Å². The largest absolute Gasteiger partial charge is 0.496 e. The van der Waals surface area contributed by atoms with Crippen molar-refractivity contribution in [3.05, 3.63) is 23.0 Å². The third kappa shape index (κ3) is 6.68. The maximum absolute atomic E-state index is 5.61. The van der Waals surface area contributed by atoms with Crippen molar-refractivity contribution in [2.75, 3.05) is 46.5 Å². The number of morpholine rings is 1. The van der Waals surface area contributed by atoms with Crippen molar-refractivity contribution in [3.63, 3.8) is 0 Å². The molecule has 2 fully saturated rings. The minimum absolute atomic E-state index is 0. The fourth-order valence-electron chi connectivity index (χ4n) is 4.83. The summed E-state index contributed by atoms with van der Waals surface area (Å²) >= 11 is 0. The highest BCUT2D eigenvalue weighted by Crippen LogP contribution is 2.34. The van der Waals surface area contributed by atoms with Crippen LogP contribution in [0.2, 0.25) is 0 Å². The van der Waals surface area contributed by atoms with E-state index in [0.717, 1.165) is 67.9 Å². The molecule has 0 spiro atoms. The molecule has 2 N–H and O–H groups in total. The topological polar surface area (TPSA) is 71.0 Å². The van der Waals surface area contributed by atoms with Crippen LogP contribution in [0.1, 0.15) is 55.8 Å². The second kappa shape index (κ2) is 12.8. The summed E-state index contributed by atoms with van der Waals surface area (Å²) in [6, 6.07) is 0. The van der Waals surface area contributed by atoms with Crippen molar-refractivity contribution in [3.8, 4) is 5.75 Å². The van der Waals surface area contributed by atoms with Crippen LogP contribution >= 0.6 is 24.0 Å². The van der Waals surface area contributed by atoms with Crippen molar-refractivity contribution in [2.24, 2.45) is 4.99 Å². The van der Waals surface area contributed by atoms with E-state index in [2.05, 4.69) is 34.4 Å². The standard InChI is InChI=1S/C23H39N5O2.HI/c1-5-24-22(26-16-20-19(3)21(29-4)18(2)15-25-20)27-17-23(9-7-6-8-10-23)28-11-13-30-14-12-28;/h15H,5-14,16-17H2,1-4H3,(H2,24,26,27);1H. The Kier molecular flexibility index (Phi) is 10.8. The van der Waals surface area contributed by atoms with Gasteiger partial charge < -0.3 is 20.1 Å². The lowest BCUT2D eigenvalue weighted by Gasteiger charge is -2.48. The van der Waals surface area contributed by atoms with Crippen molar-refractivity contribution < 1.29 is 9.47 Å². The summed E-state index contributed by atoms with van der Waals surface area (Å²) in [5.74, 6) is 1.76. The van der Waals surface area contributed by atoms with Gasteiger partial charge in [0.1, 0.15) is 5.75 Å². The summed E-state index contributed by atoms with van der Waals surface area (Å²) in [7, 11) is 1.71. The number of aromatic nitrogens is 1. The van der Waals surface area contributed by atoms with E-state index in [1.807, 2.05) is 13.1 Å². The molecule has 31 heavy (non-hydrogen) atoms. The molecule has 0 unspecified atom stereocenters. The Labute approximate surface area is 204 Å². The van der Waals surface area contributed by atoms with Crippen LogP contribution in [0.3, 0.4) is 0 Å². The molecule has 0 bridgehead atoms. The molecule has 1 saturated carbocycles. The smallest absolute Gasteiger partial charge is 0.191 e. The zero-order valence-electron chi connectivity index (χ0n) is 19.6. The van der Waals surface area contributed by atoms with E-state index in [4.69, 9.17) is 14.5 Å². The maximum Gasteiger partial charge on any atom is 0.191 e. The minimum atomic E-state index is 0. The zero-order valence-corrected chi connectivity index (χ0v) is 22.0. The van der Waals surface area contributed by atoms with Crippen LogP contribution in [0.4, 0.5) is 0 Å². The number of halogens is 1. The number of hydrogen-bond donors (Lipinski definition) is 2. The number of methoxy groups -OCH3 is 1. The number of aryl methyl sites for hydroxylation is 1. The van der Waals surface area contributed by atoms with E-state index in [1.54, 1.807) is 7.11 Å². The van der Waals surface area contributed by atoms with E-state index >= 15 is 0 Å². The van der Waals surface area contributed by atoms with Gasteiger partial charge in [0, 0.05) is 49.0 Å². The Morgan fingerprint density at radius 3 is 2.55 bits per heavy atom. The van der Waals surface area contributed by atoms with Crippen LogP contribution < -0.4 is 15.4 Å². The molecule has 0 atom stereocenters. The minimum Gasteiger partial charge on any atom is -0.496 e. The Bertz CT molecular complexity index is 716. The highest BCUT2D eigenvalue weighted by Gasteiger charge is 2.38. The highest BCUT2D eigenvalue weighted by molar-refractivity contribution is 14.0. The number of guanidine groups is 1. The second-order valence-corrected chi connectivity index (χ2v) is 8.48. The number of nitrogens with one attached hydrogen (secondary N) is 2. The van der Waals surface area contributed by atoms with Crippen molar-refractivity contribution in [2.45, 2.75) is 65.0 Å². The molecule has 176 valence electrons. The van der Waals surface area contributed by atoms with Gasteiger partial charge in [0.15, 0.2) is 5.96 Å². The fourth-order valence-corrected chi connectivity index (χ4v) is 4.83. The van der Waals surface area contributed by atoms with Gasteiger partial charge in [0.25, 0.3) is 0 Å². The van der Waals surface area contributed by atoms with Crippen LogP contribution in [0, 0.1) is 13.8 Å². The summed E-state index contributed by atoms with van der Waals surface area (Å²) in [5.41, 5.74) is 3.28. The molecule has 2 heterocycles. The predicted octanol–water partition coefficient (Wildman–Crippen LogP) is 3.42. The third-order valence-electron chi connectivity index (χ3n) is 6.53. The van der Waals surface area contributed by atoms with Gasteiger partial charge in [-0.2, -0.15) is 0 Å². The van der Waals surface area contributed by atoms with Crippen LogP contribution in [0.15, 0.2) is 11.2 Å². The van der Waals surface area contributed by atoms with Gasteiger partial charge in [-0.05, 0) is 33.6 Å². The molecule has 0 amide bonds. The number of hydrogen-bond acceptors (Lipinski definition) is 5. The maximum atomic E-state index is 5.61. The average molecular weight is 546 g/mol. The average Bonchev–Trinajstić information content (AvgIpc) is 2.78. The summed E-state index contributed by atoms with van der Waals surface area (Å²) in [4.78, 5) is 12.1. The molecular weight excluding hydrogens is 505 g/mol. The summed E-state index contributed by atoms with van der Waals surface area (Å²) in [6.45, 7) is 12.2. The van der Waals surface area contributed by atoms with Gasteiger partial charge in [0.05, 0.1) is 32.6 Å². The van der Waals surface area contributed by atoms with E-state index in [1.165, 1.54) is 32.1 Å². The summed E-state index contributed by atoms with van der Waals surface area (Å²) in [6.07, 6.45) is 8.31. The van der Waals surface area contributed by atoms with E-state index in [-0.39, 0.29) is 29.5 Å². The summed E-state index contributed by atoms with van der Waals surface area (Å²) < 4.78 is 11.2. The SMILES string of the molecule is CCNC(=NCc1ncc(C)c(OC)c1C)NCC1(N2CCOCC2)CCCCC1.I. The number of rotatable bonds is 7. The molecule has 2 aliphatic rings. The first kappa shape index (κ1) is 26.1. The highest BCUT2D eigenvalue weighted by atomic mass is 127. The number of pyridine rings is 1. The zero-order chi connectivity index (χ0) is 21.4. The molecule has 1 aromatic heterocycles. The molecule has 1 aliphatic carbocycles. The Hall–Kier alpha value is -1.13. The number of aliphatic imine (C=N–C) groups is 1. The van der Waals surface area contributed by atoms with E-state index in [9.17, 15) is 0 Å². The fraction of sp³-hybridized carbons (Fsp3) is 0.739. The van der Waals surface area contributed by atoms with Gasteiger partial charge in [-0.15, -0.1) is 24.0 Å². The first-order chi connectivity index (χ1) is 14.6. The van der Waals surface area contributed by atoms with Gasteiger partial charge in [-0.25, -0.2) is 4.99 Å². The van der Waals surface area contributed by atoms with Crippen LogP contribution in [0.25, 0.3) is 0 Å². The van der Waals surface area contributed by atoms with Gasteiger partial charge in [0.2, 0.25) is 0 Å². The molecule has 0 aromatic carbocycles. The second-order valence-electron chi connectivity index (χ2n) is 8.48. The molecular formula is C23H40IN5O2. The first-order valence-corrected chi connectivity index (χ1v) is 11.4. The number of nitrogens with zero attached hydrogens (tertiary/aromatic N) is 3. The van der Waals surface area contributed by atoms with Crippen LogP contribution in [0.5, 0.6) is 5.75 Å². The van der Waals surface area contributed by atoms with Crippen LogP contribution in [-0.2, 0) is 11.3 Å². The monoisotopic (exact) mass is 545 g/mol. The van der Waals surface area contributed by atoms with Gasteiger partial charge in [-0.3, -0.25) is 9.88 Å².